The fraction of sp³-hybridized carbons (Fsp3) is 0.538. The van der Waals surface area contributed by atoms with Crippen LogP contribution in [0.3, 0.4) is 0 Å². The molecule has 7 heteroatoms. The molecule has 114 valence electrons. The molecule has 0 aromatic heterocycles. The molecule has 1 aromatic rings. The Kier molecular flexibility index (Phi) is 5.73. The van der Waals surface area contributed by atoms with E-state index in [9.17, 15) is 12.6 Å². The van der Waals surface area contributed by atoms with Crippen molar-refractivity contribution < 1.29 is 12.6 Å². The number of rotatable bonds is 6. The summed E-state index contributed by atoms with van der Waals surface area (Å²) < 4.78 is 38.6. The van der Waals surface area contributed by atoms with Crippen LogP contribution in [0, 0.1) is 13.8 Å². The normalized spacial score (nSPS) is 14.8. The molecular formula is C13H22N2O3S2. The Labute approximate surface area is 123 Å². The van der Waals surface area contributed by atoms with Crippen molar-refractivity contribution in [2.45, 2.75) is 30.9 Å². The second kappa shape index (κ2) is 6.69. The predicted octanol–water partition coefficient (Wildman–Crippen LogP) is 1.39. The van der Waals surface area contributed by atoms with Crippen LogP contribution in [0.1, 0.15) is 18.1 Å². The minimum atomic E-state index is -3.59. The van der Waals surface area contributed by atoms with Crippen LogP contribution in [0.4, 0.5) is 5.69 Å². The van der Waals surface area contributed by atoms with Gasteiger partial charge in [0.1, 0.15) is 0 Å². The quantitative estimate of drug-likeness (QED) is 0.831. The molecule has 0 bridgehead atoms. The zero-order valence-corrected chi connectivity index (χ0v) is 14.1. The summed E-state index contributed by atoms with van der Waals surface area (Å²) in [5, 5.41) is 2.78. The van der Waals surface area contributed by atoms with Crippen molar-refractivity contribution in [2.75, 3.05) is 25.2 Å². The van der Waals surface area contributed by atoms with Crippen LogP contribution in [0.25, 0.3) is 0 Å². The molecule has 2 N–H and O–H groups in total. The van der Waals surface area contributed by atoms with Crippen LogP contribution >= 0.6 is 0 Å². The van der Waals surface area contributed by atoms with Crippen LogP contribution in [-0.4, -0.2) is 37.7 Å². The van der Waals surface area contributed by atoms with Crippen molar-refractivity contribution in [1.29, 1.82) is 0 Å². The molecule has 5 nitrogen and oxygen atoms in total. The minimum Gasteiger partial charge on any atom is -0.388 e. The van der Waals surface area contributed by atoms with E-state index in [1.165, 1.54) is 0 Å². The third-order valence-corrected chi connectivity index (χ3v) is 6.17. The first-order chi connectivity index (χ1) is 9.19. The molecule has 0 aliphatic carbocycles. The highest BCUT2D eigenvalue weighted by molar-refractivity contribution is 7.89. The summed E-state index contributed by atoms with van der Waals surface area (Å²) >= 11 is 0. The van der Waals surface area contributed by atoms with Gasteiger partial charge >= 0.3 is 0 Å². The maximum absolute atomic E-state index is 12.4. The monoisotopic (exact) mass is 318 g/mol. The smallest absolute Gasteiger partial charge is 0.241 e. The van der Waals surface area contributed by atoms with Crippen molar-refractivity contribution in [3.05, 3.63) is 23.3 Å². The minimum absolute atomic E-state index is 0.165. The Morgan fingerprint density at radius 2 is 1.75 bits per heavy atom. The van der Waals surface area contributed by atoms with Gasteiger partial charge in [0.25, 0.3) is 0 Å². The molecule has 0 saturated carbocycles. The topological polar surface area (TPSA) is 75.3 Å². The summed E-state index contributed by atoms with van der Waals surface area (Å²) in [6.07, 6.45) is 1.57. The molecule has 2 atom stereocenters. The molecule has 0 spiro atoms. The van der Waals surface area contributed by atoms with Crippen molar-refractivity contribution in [3.8, 4) is 0 Å². The number of sulfonamides is 1. The van der Waals surface area contributed by atoms with Crippen LogP contribution < -0.4 is 10.0 Å². The third kappa shape index (κ3) is 4.04. The van der Waals surface area contributed by atoms with E-state index in [0.29, 0.717) is 16.0 Å². The molecule has 0 amide bonds. The molecule has 20 heavy (non-hydrogen) atoms. The van der Waals surface area contributed by atoms with E-state index in [-0.39, 0.29) is 11.8 Å². The van der Waals surface area contributed by atoms with Gasteiger partial charge in [-0.05, 0) is 44.0 Å². The maximum atomic E-state index is 12.4. The number of anilines is 1. The summed E-state index contributed by atoms with van der Waals surface area (Å²) in [4.78, 5) is 0.297. The molecular weight excluding hydrogens is 296 g/mol. The molecule has 0 radical (unpaired) electrons. The van der Waals surface area contributed by atoms with Gasteiger partial charge in [-0.3, -0.25) is 4.21 Å². The third-order valence-electron chi connectivity index (χ3n) is 3.15. The first kappa shape index (κ1) is 17.1. The van der Waals surface area contributed by atoms with Crippen molar-refractivity contribution in [2.24, 2.45) is 0 Å². The van der Waals surface area contributed by atoms with Gasteiger partial charge in [0, 0.05) is 41.6 Å². The highest BCUT2D eigenvalue weighted by atomic mass is 32.2. The van der Waals surface area contributed by atoms with Gasteiger partial charge < -0.3 is 5.32 Å². The molecule has 0 aliphatic rings. The van der Waals surface area contributed by atoms with E-state index >= 15 is 0 Å². The number of hydrogen-bond acceptors (Lipinski definition) is 4. The lowest BCUT2D eigenvalue weighted by atomic mass is 10.1. The molecule has 0 aliphatic heterocycles. The van der Waals surface area contributed by atoms with Gasteiger partial charge in [0.15, 0.2) is 0 Å². The van der Waals surface area contributed by atoms with E-state index in [0.717, 1.165) is 5.69 Å². The Bertz CT molecular complexity index is 589. The Balaban J connectivity index is 3.07. The van der Waals surface area contributed by atoms with E-state index in [1.807, 2.05) is 0 Å². The van der Waals surface area contributed by atoms with E-state index in [2.05, 4.69) is 10.0 Å². The molecule has 1 rings (SSSR count). The summed E-state index contributed by atoms with van der Waals surface area (Å²) in [5.74, 6) is 0. The van der Waals surface area contributed by atoms with E-state index in [4.69, 9.17) is 0 Å². The Morgan fingerprint density at radius 3 is 2.15 bits per heavy atom. The first-order valence-electron chi connectivity index (χ1n) is 6.30. The van der Waals surface area contributed by atoms with Crippen molar-refractivity contribution >= 4 is 26.5 Å². The zero-order chi connectivity index (χ0) is 15.5. The average Bonchev–Trinajstić information content (AvgIpc) is 2.34. The zero-order valence-electron chi connectivity index (χ0n) is 12.5. The SMILES string of the molecule is CNc1cc(C)c(S(=O)(=O)NCC(C)S(C)=O)c(C)c1. The Morgan fingerprint density at radius 1 is 1.25 bits per heavy atom. The lowest BCUT2D eigenvalue weighted by molar-refractivity contribution is 0.579. The predicted molar refractivity (Wildman–Crippen MR) is 84.2 cm³/mol. The molecule has 0 fully saturated rings. The Hall–Kier alpha value is -0.920. The largest absolute Gasteiger partial charge is 0.388 e. The first-order valence-corrected chi connectivity index (χ1v) is 9.40. The summed E-state index contributed by atoms with van der Waals surface area (Å²) in [6.45, 7) is 5.45. The number of hydrogen-bond donors (Lipinski definition) is 2. The van der Waals surface area contributed by atoms with Crippen LogP contribution in [0.15, 0.2) is 17.0 Å². The van der Waals surface area contributed by atoms with Gasteiger partial charge in [-0.25, -0.2) is 13.1 Å². The molecule has 2 unspecified atom stereocenters. The summed E-state index contributed by atoms with van der Waals surface area (Å²) in [5.41, 5.74) is 2.25. The number of benzene rings is 1. The lowest BCUT2D eigenvalue weighted by Gasteiger charge is -2.15. The lowest BCUT2D eigenvalue weighted by Crippen LogP contribution is -2.33. The number of aryl methyl sites for hydroxylation is 2. The van der Waals surface area contributed by atoms with Crippen molar-refractivity contribution in [3.63, 3.8) is 0 Å². The van der Waals surface area contributed by atoms with Crippen LogP contribution in [-0.2, 0) is 20.8 Å². The van der Waals surface area contributed by atoms with Gasteiger partial charge in [0.05, 0.1) is 4.90 Å². The van der Waals surface area contributed by atoms with Gasteiger partial charge in [-0.15, -0.1) is 0 Å². The van der Waals surface area contributed by atoms with Gasteiger partial charge in [0.2, 0.25) is 10.0 Å². The fourth-order valence-corrected chi connectivity index (χ4v) is 3.94. The van der Waals surface area contributed by atoms with Gasteiger partial charge in [-0.2, -0.15) is 0 Å². The standard InChI is InChI=1S/C13H22N2O3S2/c1-9-6-12(14-4)7-10(2)13(9)20(17,18)15-8-11(3)19(5)16/h6-7,11,14-15H,8H2,1-5H3. The molecule has 0 saturated heterocycles. The maximum Gasteiger partial charge on any atom is 0.241 e. The number of nitrogens with one attached hydrogen (secondary N) is 2. The average molecular weight is 318 g/mol. The second-order valence-electron chi connectivity index (χ2n) is 4.85. The van der Waals surface area contributed by atoms with E-state index < -0.39 is 20.8 Å². The second-order valence-corrected chi connectivity index (χ2v) is 8.36. The molecule has 1 aromatic carbocycles. The van der Waals surface area contributed by atoms with E-state index in [1.54, 1.807) is 46.2 Å². The summed E-state index contributed by atoms with van der Waals surface area (Å²) in [7, 11) is -2.85. The van der Waals surface area contributed by atoms with Crippen LogP contribution in [0.2, 0.25) is 0 Å². The van der Waals surface area contributed by atoms with Gasteiger partial charge in [-0.1, -0.05) is 0 Å². The highest BCUT2D eigenvalue weighted by Crippen LogP contribution is 2.24. The summed E-state index contributed by atoms with van der Waals surface area (Å²) in [6, 6.07) is 3.59. The van der Waals surface area contributed by atoms with Crippen molar-refractivity contribution in [1.82, 2.24) is 4.72 Å². The highest BCUT2D eigenvalue weighted by Gasteiger charge is 2.21. The molecule has 0 heterocycles. The van der Waals surface area contributed by atoms with Crippen LogP contribution in [0.5, 0.6) is 0 Å². The fourth-order valence-electron chi connectivity index (χ4n) is 1.94.